The summed E-state index contributed by atoms with van der Waals surface area (Å²) in [6, 6.07) is 5.77. The molecule has 31 heavy (non-hydrogen) atoms. The van der Waals surface area contributed by atoms with Crippen LogP contribution in [0.25, 0.3) is 0 Å². The van der Waals surface area contributed by atoms with Gasteiger partial charge in [-0.2, -0.15) is 26.3 Å². The Balaban J connectivity index is 1.91. The summed E-state index contributed by atoms with van der Waals surface area (Å²) in [5.74, 6) is -4.07. The minimum Gasteiger partial charge on any atom is -0.276 e. The van der Waals surface area contributed by atoms with E-state index in [1.54, 1.807) is 0 Å². The third-order valence-corrected chi connectivity index (χ3v) is 4.18. The highest BCUT2D eigenvalue weighted by Gasteiger charge is 2.41. The van der Waals surface area contributed by atoms with Gasteiger partial charge in [0, 0.05) is 6.21 Å². The molecule has 12 heteroatoms. The van der Waals surface area contributed by atoms with E-state index in [1.807, 2.05) is 5.32 Å². The number of rotatable bonds is 3. The number of hydrogen-bond acceptors (Lipinski definition) is 4. The summed E-state index contributed by atoms with van der Waals surface area (Å²) < 4.78 is 77.2. The van der Waals surface area contributed by atoms with Crippen molar-refractivity contribution in [3.63, 3.8) is 0 Å². The highest BCUT2D eigenvalue weighted by atomic mass is 19.4. The molecule has 1 N–H and O–H groups in total. The predicted molar refractivity (Wildman–Crippen MR) is 95.6 cm³/mol. The Hall–Kier alpha value is -3.70. The van der Waals surface area contributed by atoms with Crippen molar-refractivity contribution in [2.45, 2.75) is 12.4 Å². The molecule has 0 saturated carbocycles. The Bertz CT molecular complexity index is 1080. The van der Waals surface area contributed by atoms with Gasteiger partial charge >= 0.3 is 18.4 Å². The molecule has 2 aromatic carbocycles. The topological polar surface area (TPSA) is 78.8 Å². The number of benzene rings is 2. The van der Waals surface area contributed by atoms with Crippen molar-refractivity contribution < 1.29 is 40.7 Å². The number of carbonyl (C=O) groups excluding carboxylic acids is 3. The molecule has 1 aliphatic heterocycles. The summed E-state index contributed by atoms with van der Waals surface area (Å²) in [5, 5.41) is 1.81. The van der Waals surface area contributed by atoms with E-state index < -0.39 is 52.9 Å². The number of hydrogen-bond donors (Lipinski definition) is 1. The zero-order valence-electron chi connectivity index (χ0n) is 15.2. The lowest BCUT2D eigenvalue weighted by molar-refractivity contribution is -0.138. The quantitative estimate of drug-likeness (QED) is 0.436. The van der Waals surface area contributed by atoms with E-state index in [9.17, 15) is 40.7 Å². The van der Waals surface area contributed by atoms with E-state index in [2.05, 4.69) is 4.99 Å². The van der Waals surface area contributed by atoms with E-state index in [0.29, 0.717) is 17.0 Å². The zero-order valence-corrected chi connectivity index (χ0v) is 15.2. The molecule has 1 aliphatic rings. The fourth-order valence-electron chi connectivity index (χ4n) is 2.71. The van der Waals surface area contributed by atoms with Gasteiger partial charge in [0.15, 0.2) is 5.92 Å². The number of urea groups is 1. The van der Waals surface area contributed by atoms with Crippen LogP contribution in [0.15, 0.2) is 53.5 Å². The van der Waals surface area contributed by atoms with Crippen molar-refractivity contribution in [2.24, 2.45) is 10.9 Å². The molecule has 6 nitrogen and oxygen atoms in total. The lowest BCUT2D eigenvalue weighted by atomic mass is 10.0. The summed E-state index contributed by atoms with van der Waals surface area (Å²) >= 11 is 0. The van der Waals surface area contributed by atoms with Crippen molar-refractivity contribution in [1.29, 1.82) is 0 Å². The predicted octanol–water partition coefficient (Wildman–Crippen LogP) is 4.33. The molecular formula is C19H11F6N3O3. The minimum absolute atomic E-state index is 0.224. The molecule has 1 saturated heterocycles. The lowest BCUT2D eigenvalue weighted by Crippen LogP contribution is -2.58. The number of barbiturate groups is 1. The van der Waals surface area contributed by atoms with Gasteiger partial charge in [0.2, 0.25) is 5.91 Å². The van der Waals surface area contributed by atoms with Crippen LogP contribution in [-0.4, -0.2) is 24.1 Å². The maximum Gasteiger partial charge on any atom is 0.416 e. The van der Waals surface area contributed by atoms with Crippen molar-refractivity contribution in [3.8, 4) is 0 Å². The van der Waals surface area contributed by atoms with Crippen LogP contribution in [0, 0.1) is 5.92 Å². The number of nitrogens with one attached hydrogen (secondary N) is 1. The molecule has 0 aromatic heterocycles. The first kappa shape index (κ1) is 22.0. The third kappa shape index (κ3) is 4.73. The van der Waals surface area contributed by atoms with Crippen LogP contribution >= 0.6 is 0 Å². The van der Waals surface area contributed by atoms with Gasteiger partial charge in [-0.25, -0.2) is 9.69 Å². The fraction of sp³-hybridized carbons (Fsp3) is 0.158. The maximum absolute atomic E-state index is 12.9. The molecule has 0 spiro atoms. The van der Waals surface area contributed by atoms with Crippen molar-refractivity contribution in [2.75, 3.05) is 4.90 Å². The van der Waals surface area contributed by atoms with Crippen molar-refractivity contribution in [3.05, 3.63) is 59.7 Å². The van der Waals surface area contributed by atoms with E-state index in [1.165, 1.54) is 6.07 Å². The van der Waals surface area contributed by atoms with E-state index >= 15 is 0 Å². The largest absolute Gasteiger partial charge is 0.416 e. The van der Waals surface area contributed by atoms with Gasteiger partial charge in [-0.3, -0.25) is 19.9 Å². The van der Waals surface area contributed by atoms with Gasteiger partial charge in [-0.05, 0) is 36.4 Å². The van der Waals surface area contributed by atoms with Gasteiger partial charge in [0.05, 0.1) is 22.5 Å². The van der Waals surface area contributed by atoms with E-state index in [4.69, 9.17) is 0 Å². The smallest absolute Gasteiger partial charge is 0.276 e. The van der Waals surface area contributed by atoms with Gasteiger partial charge in [-0.15, -0.1) is 0 Å². The van der Waals surface area contributed by atoms with E-state index in [0.717, 1.165) is 36.5 Å². The molecule has 3 rings (SSSR count). The molecule has 0 bridgehead atoms. The molecule has 0 aliphatic carbocycles. The van der Waals surface area contributed by atoms with Gasteiger partial charge in [0.25, 0.3) is 5.91 Å². The average Bonchev–Trinajstić information content (AvgIpc) is 2.67. The second kappa shape index (κ2) is 7.85. The Labute approximate surface area is 170 Å². The third-order valence-electron chi connectivity index (χ3n) is 4.18. The van der Waals surface area contributed by atoms with Crippen molar-refractivity contribution in [1.82, 2.24) is 5.32 Å². The van der Waals surface area contributed by atoms with Crippen LogP contribution < -0.4 is 10.2 Å². The molecule has 0 unspecified atom stereocenters. The Kier molecular flexibility index (Phi) is 5.57. The first-order chi connectivity index (χ1) is 14.4. The molecular weight excluding hydrogens is 432 g/mol. The molecule has 2 aromatic rings. The van der Waals surface area contributed by atoms with Gasteiger partial charge in [0.1, 0.15) is 0 Å². The van der Waals surface area contributed by atoms with Crippen LogP contribution in [-0.2, 0) is 21.9 Å². The fourth-order valence-corrected chi connectivity index (χ4v) is 2.71. The van der Waals surface area contributed by atoms with Crippen LogP contribution in [0.1, 0.15) is 11.1 Å². The molecule has 1 heterocycles. The summed E-state index contributed by atoms with van der Waals surface area (Å²) in [6.45, 7) is 0. The average molecular weight is 443 g/mol. The summed E-state index contributed by atoms with van der Waals surface area (Å²) in [4.78, 5) is 40.8. The second-order valence-electron chi connectivity index (χ2n) is 6.32. The van der Waals surface area contributed by atoms with E-state index in [-0.39, 0.29) is 5.69 Å². The van der Waals surface area contributed by atoms with Crippen LogP contribution in [0.4, 0.5) is 42.5 Å². The Morgan fingerprint density at radius 3 is 2.06 bits per heavy atom. The second-order valence-corrected chi connectivity index (χ2v) is 6.32. The number of alkyl halides is 6. The maximum atomic E-state index is 12.9. The highest BCUT2D eigenvalue weighted by Crippen LogP contribution is 2.33. The zero-order chi connectivity index (χ0) is 23.0. The Morgan fingerprint density at radius 1 is 0.871 bits per heavy atom. The van der Waals surface area contributed by atoms with Gasteiger partial charge < -0.3 is 0 Å². The first-order valence-corrected chi connectivity index (χ1v) is 8.45. The standard InChI is InChI=1S/C19H11F6N3O3/c20-18(21,22)10-3-1-5-12(7-10)26-9-14-15(29)27-17(31)28(16(14)30)13-6-2-4-11(8-13)19(23,24)25/h1-9,14H,(H,27,29,31)/t14-/m0/s1. The number of imide groups is 2. The SMILES string of the molecule is O=C1NC(=O)N(c2cccc(C(F)(F)F)c2)C(=O)[C@H]1C=Nc1cccc(C(F)(F)F)c1. The van der Waals surface area contributed by atoms with Crippen molar-refractivity contribution >= 4 is 35.4 Å². The number of anilines is 1. The number of amides is 4. The van der Waals surface area contributed by atoms with Gasteiger partial charge in [-0.1, -0.05) is 12.1 Å². The number of nitrogens with zero attached hydrogens (tertiary/aromatic N) is 2. The molecule has 162 valence electrons. The lowest BCUT2D eigenvalue weighted by Gasteiger charge is -2.28. The number of aliphatic imine (C=N–C) groups is 1. The number of carbonyl (C=O) groups is 3. The van der Waals surface area contributed by atoms with Crippen LogP contribution in [0.2, 0.25) is 0 Å². The molecule has 4 amide bonds. The van der Waals surface area contributed by atoms with Crippen LogP contribution in [0.3, 0.4) is 0 Å². The normalized spacial score (nSPS) is 17.9. The Morgan fingerprint density at radius 2 is 1.45 bits per heavy atom. The minimum atomic E-state index is -4.74. The summed E-state index contributed by atoms with van der Waals surface area (Å²) in [7, 11) is 0. The monoisotopic (exact) mass is 443 g/mol. The molecule has 0 radical (unpaired) electrons. The summed E-state index contributed by atoms with van der Waals surface area (Å²) in [6.07, 6.45) is -8.66. The first-order valence-electron chi connectivity index (χ1n) is 8.45. The molecule has 1 atom stereocenters. The highest BCUT2D eigenvalue weighted by molar-refractivity contribution is 6.32. The summed E-state index contributed by atoms with van der Waals surface area (Å²) in [5.41, 5.74) is -2.81. The molecule has 1 fully saturated rings. The van der Waals surface area contributed by atoms with Crippen LogP contribution in [0.5, 0.6) is 0 Å². The number of halogens is 6.